The van der Waals surface area contributed by atoms with Gasteiger partial charge in [0.25, 0.3) is 11.8 Å². The zero-order valence-electron chi connectivity index (χ0n) is 17.8. The highest BCUT2D eigenvalue weighted by molar-refractivity contribution is 6.05. The minimum Gasteiger partial charge on any atom is -0.482 e. The summed E-state index contributed by atoms with van der Waals surface area (Å²) in [5.41, 5.74) is 3.80. The van der Waals surface area contributed by atoms with Gasteiger partial charge < -0.3 is 19.7 Å². The van der Waals surface area contributed by atoms with Gasteiger partial charge in [-0.05, 0) is 55.0 Å². The number of nitrogens with one attached hydrogen (secondary N) is 1. The Hall–Kier alpha value is -4.13. The Morgan fingerprint density at radius 3 is 2.59 bits per heavy atom. The molecule has 3 aromatic rings. The summed E-state index contributed by atoms with van der Waals surface area (Å²) in [5, 5.41) is 2.87. The van der Waals surface area contributed by atoms with Crippen molar-refractivity contribution in [1.29, 1.82) is 0 Å². The maximum absolute atomic E-state index is 12.7. The van der Waals surface area contributed by atoms with Crippen LogP contribution in [0.5, 0.6) is 5.75 Å². The van der Waals surface area contributed by atoms with Crippen LogP contribution in [0.15, 0.2) is 66.7 Å². The lowest BCUT2D eigenvalue weighted by Gasteiger charge is -2.30. The molecule has 0 aliphatic carbocycles. The number of carbonyl (C=O) groups excluding carboxylic acids is 3. The molecule has 1 N–H and O–H groups in total. The highest BCUT2D eigenvalue weighted by Gasteiger charge is 2.26. The Bertz CT molecular complexity index is 1200. The van der Waals surface area contributed by atoms with Crippen molar-refractivity contribution in [3.63, 3.8) is 0 Å². The summed E-state index contributed by atoms with van der Waals surface area (Å²) in [6.45, 7) is 2.08. The summed E-state index contributed by atoms with van der Waals surface area (Å²) in [7, 11) is 1.32. The molecule has 7 nitrogen and oxygen atoms in total. The average molecular weight is 430 g/mol. The quantitative estimate of drug-likeness (QED) is 0.620. The van der Waals surface area contributed by atoms with E-state index >= 15 is 0 Å². The number of nitrogens with zero attached hydrogens (tertiary/aromatic N) is 1. The summed E-state index contributed by atoms with van der Waals surface area (Å²) in [5.74, 6) is -0.360. The third-order valence-electron chi connectivity index (χ3n) is 5.13. The van der Waals surface area contributed by atoms with Crippen LogP contribution in [-0.4, -0.2) is 31.5 Å². The topological polar surface area (TPSA) is 84.9 Å². The molecular formula is C25H22N2O5. The fraction of sp³-hybridized carbons (Fsp3) is 0.160. The molecule has 7 heteroatoms. The van der Waals surface area contributed by atoms with Gasteiger partial charge in [-0.2, -0.15) is 0 Å². The van der Waals surface area contributed by atoms with Gasteiger partial charge in [0.05, 0.1) is 24.9 Å². The van der Waals surface area contributed by atoms with E-state index in [0.29, 0.717) is 28.3 Å². The normalized spacial score (nSPS) is 12.6. The number of anilines is 2. The Balaban J connectivity index is 1.60. The first-order chi connectivity index (χ1) is 15.4. The second-order valence-electron chi connectivity index (χ2n) is 7.47. The van der Waals surface area contributed by atoms with Crippen LogP contribution in [0.25, 0.3) is 0 Å². The highest BCUT2D eigenvalue weighted by Crippen LogP contribution is 2.35. The first-order valence-corrected chi connectivity index (χ1v) is 10.1. The van der Waals surface area contributed by atoms with E-state index in [4.69, 9.17) is 9.47 Å². The van der Waals surface area contributed by atoms with E-state index in [1.54, 1.807) is 53.4 Å². The first kappa shape index (κ1) is 21.1. The van der Waals surface area contributed by atoms with E-state index in [9.17, 15) is 14.4 Å². The van der Waals surface area contributed by atoms with Crippen molar-refractivity contribution < 1.29 is 23.9 Å². The first-order valence-electron chi connectivity index (χ1n) is 10.1. The highest BCUT2D eigenvalue weighted by atomic mass is 16.5. The number of rotatable bonds is 5. The number of carbonyl (C=O) groups is 3. The molecule has 4 rings (SSSR count). The lowest BCUT2D eigenvalue weighted by atomic mass is 10.1. The molecule has 0 saturated heterocycles. The van der Waals surface area contributed by atoms with E-state index in [0.717, 1.165) is 11.1 Å². The van der Waals surface area contributed by atoms with Gasteiger partial charge in [0, 0.05) is 11.3 Å². The molecule has 1 heterocycles. The number of methoxy groups -OCH3 is 1. The largest absolute Gasteiger partial charge is 0.482 e. The standard InChI is InChI=1S/C25H22N2O5/c1-16-5-3-7-18(11-16)24(29)26-20-9-10-22-21(13-20)27(23(28)15-32-22)14-17-6-4-8-19(12-17)25(30)31-2/h3-13H,14-15H2,1-2H3,(H,26,29). The van der Waals surface area contributed by atoms with Crippen LogP contribution in [0, 0.1) is 6.92 Å². The number of hydrogen-bond acceptors (Lipinski definition) is 5. The van der Waals surface area contributed by atoms with Crippen LogP contribution >= 0.6 is 0 Å². The number of esters is 1. The van der Waals surface area contributed by atoms with Crippen LogP contribution in [-0.2, 0) is 16.1 Å². The Kier molecular flexibility index (Phi) is 5.89. The molecule has 32 heavy (non-hydrogen) atoms. The predicted molar refractivity (Wildman–Crippen MR) is 120 cm³/mol. The van der Waals surface area contributed by atoms with Crippen LogP contribution in [0.3, 0.4) is 0 Å². The van der Waals surface area contributed by atoms with Crippen molar-refractivity contribution in [2.75, 3.05) is 23.9 Å². The maximum atomic E-state index is 12.7. The number of aryl methyl sites for hydroxylation is 1. The minimum absolute atomic E-state index is 0.0846. The van der Waals surface area contributed by atoms with Crippen molar-refractivity contribution in [1.82, 2.24) is 0 Å². The monoisotopic (exact) mass is 430 g/mol. The number of hydrogen-bond donors (Lipinski definition) is 1. The van der Waals surface area contributed by atoms with Crippen LogP contribution in [0.4, 0.5) is 11.4 Å². The molecule has 3 aromatic carbocycles. The van der Waals surface area contributed by atoms with Gasteiger partial charge >= 0.3 is 5.97 Å². The molecule has 162 valence electrons. The van der Waals surface area contributed by atoms with E-state index < -0.39 is 5.97 Å². The molecule has 0 saturated carbocycles. The van der Waals surface area contributed by atoms with Crippen LogP contribution in [0.2, 0.25) is 0 Å². The minimum atomic E-state index is -0.443. The summed E-state index contributed by atoms with van der Waals surface area (Å²) in [6.07, 6.45) is 0. The molecule has 0 radical (unpaired) electrons. The zero-order valence-corrected chi connectivity index (χ0v) is 17.8. The predicted octanol–water partition coefficient (Wildman–Crippen LogP) is 3.96. The Morgan fingerprint density at radius 2 is 1.81 bits per heavy atom. The van der Waals surface area contributed by atoms with E-state index in [1.807, 2.05) is 25.1 Å². The molecule has 1 aliphatic rings. The second kappa shape index (κ2) is 8.93. The van der Waals surface area contributed by atoms with Crippen molar-refractivity contribution in [2.45, 2.75) is 13.5 Å². The Labute approximate surface area is 185 Å². The number of fused-ring (bicyclic) bond motifs is 1. The zero-order chi connectivity index (χ0) is 22.7. The summed E-state index contributed by atoms with van der Waals surface area (Å²) < 4.78 is 10.3. The molecule has 0 unspecified atom stereocenters. The van der Waals surface area contributed by atoms with Crippen LogP contribution in [0.1, 0.15) is 31.8 Å². The average Bonchev–Trinajstić information content (AvgIpc) is 2.80. The lowest BCUT2D eigenvalue weighted by Crippen LogP contribution is -2.38. The summed E-state index contributed by atoms with van der Waals surface area (Å²) >= 11 is 0. The van der Waals surface area contributed by atoms with E-state index in [1.165, 1.54) is 7.11 Å². The summed E-state index contributed by atoms with van der Waals surface area (Å²) in [4.78, 5) is 38.7. The van der Waals surface area contributed by atoms with Crippen molar-refractivity contribution >= 4 is 29.2 Å². The van der Waals surface area contributed by atoms with Gasteiger partial charge in [-0.15, -0.1) is 0 Å². The molecule has 0 atom stereocenters. The SMILES string of the molecule is COC(=O)c1cccc(CN2C(=O)COc3ccc(NC(=O)c4cccc(C)c4)cc32)c1. The third kappa shape index (κ3) is 4.46. The number of benzene rings is 3. The third-order valence-corrected chi connectivity index (χ3v) is 5.13. The molecular weight excluding hydrogens is 408 g/mol. The molecule has 0 aromatic heterocycles. The van der Waals surface area contributed by atoms with E-state index in [2.05, 4.69) is 5.32 Å². The van der Waals surface area contributed by atoms with Gasteiger partial charge in [0.2, 0.25) is 0 Å². The van der Waals surface area contributed by atoms with E-state index in [-0.39, 0.29) is 25.0 Å². The molecule has 0 bridgehead atoms. The lowest BCUT2D eigenvalue weighted by molar-refractivity contribution is -0.121. The fourth-order valence-electron chi connectivity index (χ4n) is 3.54. The molecule has 0 spiro atoms. The fourth-order valence-corrected chi connectivity index (χ4v) is 3.54. The van der Waals surface area contributed by atoms with Crippen LogP contribution < -0.4 is 15.0 Å². The maximum Gasteiger partial charge on any atom is 0.337 e. The van der Waals surface area contributed by atoms with Gasteiger partial charge in [-0.25, -0.2) is 4.79 Å². The summed E-state index contributed by atoms with van der Waals surface area (Å²) in [6, 6.07) is 19.4. The smallest absolute Gasteiger partial charge is 0.337 e. The van der Waals surface area contributed by atoms with Crippen molar-refractivity contribution in [3.05, 3.63) is 89.0 Å². The van der Waals surface area contributed by atoms with Gasteiger partial charge in [-0.1, -0.05) is 29.8 Å². The Morgan fingerprint density at radius 1 is 1.03 bits per heavy atom. The molecule has 1 aliphatic heterocycles. The van der Waals surface area contributed by atoms with Gasteiger partial charge in [0.15, 0.2) is 6.61 Å². The van der Waals surface area contributed by atoms with Crippen molar-refractivity contribution in [2.24, 2.45) is 0 Å². The molecule has 2 amide bonds. The second-order valence-corrected chi connectivity index (χ2v) is 7.47. The van der Waals surface area contributed by atoms with Gasteiger partial charge in [-0.3, -0.25) is 9.59 Å². The van der Waals surface area contributed by atoms with Crippen molar-refractivity contribution in [3.8, 4) is 5.75 Å². The molecule has 0 fully saturated rings. The van der Waals surface area contributed by atoms with Gasteiger partial charge in [0.1, 0.15) is 5.75 Å². The number of amides is 2. The number of ether oxygens (including phenoxy) is 2.